The van der Waals surface area contributed by atoms with Crippen LogP contribution in [0, 0.1) is 11.6 Å². The predicted octanol–water partition coefficient (Wildman–Crippen LogP) is 5.01. The Morgan fingerprint density at radius 1 is 1.00 bits per heavy atom. The highest BCUT2D eigenvalue weighted by Crippen LogP contribution is 2.21. The average Bonchev–Trinajstić information content (AvgIpc) is 2.56. The first-order chi connectivity index (χ1) is 12.0. The molecule has 0 aliphatic heterocycles. The van der Waals surface area contributed by atoms with Gasteiger partial charge in [-0.2, -0.15) is 0 Å². The molecule has 126 valence electrons. The van der Waals surface area contributed by atoms with E-state index in [4.69, 9.17) is 11.6 Å². The Morgan fingerprint density at radius 3 is 2.48 bits per heavy atom. The van der Waals surface area contributed by atoms with Gasteiger partial charge >= 0.3 is 0 Å². The van der Waals surface area contributed by atoms with Gasteiger partial charge in [0.2, 0.25) is 0 Å². The molecule has 0 aliphatic rings. The maximum absolute atomic E-state index is 13.7. The van der Waals surface area contributed by atoms with Crippen molar-refractivity contribution in [2.24, 2.45) is 0 Å². The second kappa shape index (κ2) is 7.27. The van der Waals surface area contributed by atoms with Crippen molar-refractivity contribution in [2.45, 2.75) is 0 Å². The van der Waals surface area contributed by atoms with Crippen LogP contribution in [0.3, 0.4) is 0 Å². The minimum Gasteiger partial charge on any atom is -0.340 e. The van der Waals surface area contributed by atoms with Crippen molar-refractivity contribution in [3.05, 3.63) is 83.0 Å². The fourth-order valence-electron chi connectivity index (χ4n) is 2.16. The molecular weight excluding hydrogens is 348 g/mol. The van der Waals surface area contributed by atoms with Crippen molar-refractivity contribution >= 4 is 34.7 Å². The molecule has 3 aromatic rings. The normalized spacial score (nSPS) is 10.4. The molecule has 0 fully saturated rings. The van der Waals surface area contributed by atoms with Gasteiger partial charge in [-0.3, -0.25) is 4.79 Å². The number of pyridine rings is 1. The highest BCUT2D eigenvalue weighted by atomic mass is 35.5. The molecule has 1 amide bonds. The van der Waals surface area contributed by atoms with Gasteiger partial charge in [-0.05, 0) is 42.5 Å². The molecule has 0 radical (unpaired) electrons. The van der Waals surface area contributed by atoms with Crippen LogP contribution in [-0.4, -0.2) is 10.9 Å². The summed E-state index contributed by atoms with van der Waals surface area (Å²) < 4.78 is 26.9. The number of nitrogens with zero attached hydrogens (tertiary/aromatic N) is 1. The zero-order valence-corrected chi connectivity index (χ0v) is 13.5. The quantitative estimate of drug-likeness (QED) is 0.688. The number of carbonyl (C=O) groups excluding carboxylic acids is 1. The van der Waals surface area contributed by atoms with Crippen LogP contribution >= 0.6 is 11.6 Å². The number of aromatic nitrogens is 1. The number of hydrogen-bond acceptors (Lipinski definition) is 3. The van der Waals surface area contributed by atoms with E-state index in [0.29, 0.717) is 17.2 Å². The van der Waals surface area contributed by atoms with Crippen molar-refractivity contribution in [3.8, 4) is 0 Å². The standard InChI is InChI=1S/C18H12ClF2N3O/c19-14-5-2-6-15(21)17(14)18(25)24-13-7-8-16(22-10-13)23-12-4-1-3-11(20)9-12/h1-10H,(H,22,23)(H,24,25). The van der Waals surface area contributed by atoms with Crippen LogP contribution in [0.25, 0.3) is 0 Å². The summed E-state index contributed by atoms with van der Waals surface area (Å²) in [4.78, 5) is 16.3. The van der Waals surface area contributed by atoms with Gasteiger partial charge in [-0.15, -0.1) is 0 Å². The first-order valence-electron chi connectivity index (χ1n) is 7.27. The molecule has 7 heteroatoms. The summed E-state index contributed by atoms with van der Waals surface area (Å²) in [5.74, 6) is -1.28. The van der Waals surface area contributed by atoms with Gasteiger partial charge in [0.05, 0.1) is 22.5 Å². The molecule has 0 atom stereocenters. The smallest absolute Gasteiger partial charge is 0.260 e. The second-order valence-corrected chi connectivity index (χ2v) is 5.53. The zero-order valence-electron chi connectivity index (χ0n) is 12.8. The number of rotatable bonds is 4. The maximum atomic E-state index is 13.7. The number of hydrogen-bond donors (Lipinski definition) is 2. The Morgan fingerprint density at radius 2 is 1.80 bits per heavy atom. The topological polar surface area (TPSA) is 54.0 Å². The van der Waals surface area contributed by atoms with Crippen molar-refractivity contribution in [1.29, 1.82) is 0 Å². The van der Waals surface area contributed by atoms with Gasteiger partial charge in [0.1, 0.15) is 17.5 Å². The van der Waals surface area contributed by atoms with E-state index in [-0.39, 0.29) is 16.4 Å². The van der Waals surface area contributed by atoms with Gasteiger partial charge in [-0.25, -0.2) is 13.8 Å². The summed E-state index contributed by atoms with van der Waals surface area (Å²) in [7, 11) is 0. The lowest BCUT2D eigenvalue weighted by Crippen LogP contribution is -2.14. The minimum absolute atomic E-state index is 0.0230. The van der Waals surface area contributed by atoms with Crippen molar-refractivity contribution < 1.29 is 13.6 Å². The van der Waals surface area contributed by atoms with Gasteiger partial charge in [0.25, 0.3) is 5.91 Å². The summed E-state index contributed by atoms with van der Waals surface area (Å²) in [6, 6.07) is 13.1. The number of amides is 1. The predicted molar refractivity (Wildman–Crippen MR) is 93.3 cm³/mol. The van der Waals surface area contributed by atoms with Crippen molar-refractivity contribution in [3.63, 3.8) is 0 Å². The minimum atomic E-state index is -0.706. The molecule has 0 bridgehead atoms. The van der Waals surface area contributed by atoms with Crippen LogP contribution in [0.1, 0.15) is 10.4 Å². The van der Waals surface area contributed by atoms with Gasteiger partial charge in [0.15, 0.2) is 0 Å². The first kappa shape index (κ1) is 16.9. The Kier molecular flexibility index (Phi) is 4.90. The Bertz CT molecular complexity index is 896. The Balaban J connectivity index is 1.71. The van der Waals surface area contributed by atoms with E-state index in [1.807, 2.05) is 0 Å². The highest BCUT2D eigenvalue weighted by Gasteiger charge is 2.15. The number of nitrogens with one attached hydrogen (secondary N) is 2. The Hall–Kier alpha value is -2.99. The summed E-state index contributed by atoms with van der Waals surface area (Å²) in [6.07, 6.45) is 1.40. The van der Waals surface area contributed by atoms with Crippen LogP contribution < -0.4 is 10.6 Å². The molecule has 0 saturated heterocycles. The van der Waals surface area contributed by atoms with Crippen LogP contribution in [0.15, 0.2) is 60.8 Å². The fraction of sp³-hybridized carbons (Fsp3) is 0. The third kappa shape index (κ3) is 4.10. The average molecular weight is 360 g/mol. The fourth-order valence-corrected chi connectivity index (χ4v) is 2.41. The number of anilines is 3. The van der Waals surface area contributed by atoms with Crippen LogP contribution in [0.5, 0.6) is 0 Å². The van der Waals surface area contributed by atoms with Gasteiger partial charge < -0.3 is 10.6 Å². The molecule has 0 unspecified atom stereocenters. The summed E-state index contributed by atoms with van der Waals surface area (Å²) in [5, 5.41) is 5.48. The number of benzene rings is 2. The van der Waals surface area contributed by atoms with Crippen molar-refractivity contribution in [2.75, 3.05) is 10.6 Å². The summed E-state index contributed by atoms with van der Waals surface area (Å²) in [5.41, 5.74) is 0.683. The van der Waals surface area contributed by atoms with E-state index >= 15 is 0 Å². The monoisotopic (exact) mass is 359 g/mol. The molecule has 1 aromatic heterocycles. The molecule has 1 heterocycles. The van der Waals surface area contributed by atoms with Gasteiger partial charge in [0, 0.05) is 5.69 Å². The lowest BCUT2D eigenvalue weighted by molar-refractivity contribution is 0.102. The lowest BCUT2D eigenvalue weighted by atomic mass is 10.2. The summed E-state index contributed by atoms with van der Waals surface area (Å²) >= 11 is 5.86. The van der Waals surface area contributed by atoms with E-state index in [0.717, 1.165) is 6.07 Å². The van der Waals surface area contributed by atoms with E-state index in [1.165, 1.54) is 30.5 Å². The van der Waals surface area contributed by atoms with Gasteiger partial charge in [-0.1, -0.05) is 23.7 Å². The third-order valence-electron chi connectivity index (χ3n) is 3.31. The molecule has 4 nitrogen and oxygen atoms in total. The largest absolute Gasteiger partial charge is 0.340 e. The maximum Gasteiger partial charge on any atom is 0.260 e. The first-order valence-corrected chi connectivity index (χ1v) is 7.65. The van der Waals surface area contributed by atoms with E-state index in [2.05, 4.69) is 15.6 Å². The van der Waals surface area contributed by atoms with E-state index < -0.39 is 11.7 Å². The lowest BCUT2D eigenvalue weighted by Gasteiger charge is -2.09. The molecule has 0 saturated carbocycles. The molecule has 2 aromatic carbocycles. The number of halogens is 3. The van der Waals surface area contributed by atoms with E-state index in [1.54, 1.807) is 24.3 Å². The SMILES string of the molecule is O=C(Nc1ccc(Nc2cccc(F)c2)nc1)c1c(F)cccc1Cl. The van der Waals surface area contributed by atoms with Crippen LogP contribution in [-0.2, 0) is 0 Å². The highest BCUT2D eigenvalue weighted by molar-refractivity contribution is 6.34. The van der Waals surface area contributed by atoms with Crippen molar-refractivity contribution in [1.82, 2.24) is 4.98 Å². The molecule has 3 rings (SSSR count). The molecule has 0 aliphatic carbocycles. The van der Waals surface area contributed by atoms with Crippen LogP contribution in [0.4, 0.5) is 26.0 Å². The number of carbonyl (C=O) groups is 1. The second-order valence-electron chi connectivity index (χ2n) is 5.12. The molecule has 0 spiro atoms. The summed E-state index contributed by atoms with van der Waals surface area (Å²) in [6.45, 7) is 0. The zero-order chi connectivity index (χ0) is 17.8. The Labute approximate surface area is 147 Å². The third-order valence-corrected chi connectivity index (χ3v) is 3.62. The van der Waals surface area contributed by atoms with E-state index in [9.17, 15) is 13.6 Å². The van der Waals surface area contributed by atoms with Crippen LogP contribution in [0.2, 0.25) is 5.02 Å². The molecule has 25 heavy (non-hydrogen) atoms. The molecular formula is C18H12ClF2N3O. The molecule has 2 N–H and O–H groups in total.